The van der Waals surface area contributed by atoms with Gasteiger partial charge in [-0.05, 0) is 49.2 Å². The molecule has 2 heterocycles. The van der Waals surface area contributed by atoms with E-state index in [0.717, 1.165) is 11.1 Å². The Balaban J connectivity index is 1.69. The summed E-state index contributed by atoms with van der Waals surface area (Å²) in [5.41, 5.74) is 3.27. The van der Waals surface area contributed by atoms with Crippen molar-refractivity contribution in [2.75, 3.05) is 16.8 Å². The molecule has 0 saturated carbocycles. The molecule has 8 heteroatoms. The number of hydrogen-bond acceptors (Lipinski definition) is 4. The van der Waals surface area contributed by atoms with Gasteiger partial charge in [-0.1, -0.05) is 29.8 Å². The van der Waals surface area contributed by atoms with Crippen LogP contribution in [0.4, 0.5) is 10.1 Å². The molecule has 1 aliphatic heterocycles. The first-order valence-corrected chi connectivity index (χ1v) is 11.1. The molecule has 0 bridgehead atoms. The van der Waals surface area contributed by atoms with E-state index in [1.807, 2.05) is 31.2 Å². The second kappa shape index (κ2) is 7.44. The second-order valence-electron chi connectivity index (χ2n) is 7.24. The molecule has 150 valence electrons. The number of sulfone groups is 1. The predicted molar refractivity (Wildman–Crippen MR) is 109 cm³/mol. The number of carbonyl (C=O) groups excluding carboxylic acids is 1. The lowest BCUT2D eigenvalue weighted by atomic mass is 10.1. The number of halogens is 1. The highest BCUT2D eigenvalue weighted by Crippen LogP contribution is 2.30. The number of nitrogens with zero attached hydrogens (tertiary/aromatic N) is 2. The lowest BCUT2D eigenvalue weighted by Gasteiger charge is -2.13. The van der Waals surface area contributed by atoms with Gasteiger partial charge in [0, 0.05) is 5.69 Å². The zero-order valence-corrected chi connectivity index (χ0v) is 16.6. The van der Waals surface area contributed by atoms with Crippen LogP contribution in [0.2, 0.25) is 0 Å². The molecular weight excluding hydrogens is 393 g/mol. The van der Waals surface area contributed by atoms with E-state index in [1.54, 1.807) is 10.7 Å². The Kier molecular flexibility index (Phi) is 4.96. The third kappa shape index (κ3) is 4.22. The van der Waals surface area contributed by atoms with E-state index in [9.17, 15) is 17.6 Å². The Morgan fingerprint density at radius 1 is 1.14 bits per heavy atom. The third-order valence-electron chi connectivity index (χ3n) is 4.97. The fraction of sp³-hybridized carbons (Fsp3) is 0.238. The number of amides is 1. The number of nitrogens with one attached hydrogen (secondary N) is 1. The van der Waals surface area contributed by atoms with Crippen LogP contribution in [0, 0.1) is 12.7 Å². The smallest absolute Gasteiger partial charge is 0.276 e. The first-order valence-electron chi connectivity index (χ1n) is 9.25. The maximum atomic E-state index is 13.1. The molecule has 1 atom stereocenters. The highest BCUT2D eigenvalue weighted by Gasteiger charge is 2.32. The highest BCUT2D eigenvalue weighted by atomic mass is 32.2. The number of anilines is 1. The quantitative estimate of drug-likeness (QED) is 0.709. The first kappa shape index (κ1) is 19.3. The first-order chi connectivity index (χ1) is 13.8. The summed E-state index contributed by atoms with van der Waals surface area (Å²) in [4.78, 5) is 12.7. The van der Waals surface area contributed by atoms with Crippen molar-refractivity contribution in [1.29, 1.82) is 0 Å². The molecule has 0 radical (unpaired) electrons. The topological polar surface area (TPSA) is 81.1 Å². The maximum absolute atomic E-state index is 13.1. The molecule has 0 aliphatic carbocycles. The summed E-state index contributed by atoms with van der Waals surface area (Å²) < 4.78 is 38.7. The highest BCUT2D eigenvalue weighted by molar-refractivity contribution is 7.91. The van der Waals surface area contributed by atoms with Crippen molar-refractivity contribution >= 4 is 21.4 Å². The van der Waals surface area contributed by atoms with Gasteiger partial charge in [0.25, 0.3) is 5.91 Å². The molecule has 3 aromatic rings. The van der Waals surface area contributed by atoms with Gasteiger partial charge < -0.3 is 5.32 Å². The Bertz CT molecular complexity index is 1150. The molecule has 0 spiro atoms. The number of benzene rings is 2. The van der Waals surface area contributed by atoms with E-state index >= 15 is 0 Å². The second-order valence-corrected chi connectivity index (χ2v) is 9.47. The van der Waals surface area contributed by atoms with Gasteiger partial charge in [-0.3, -0.25) is 9.48 Å². The SMILES string of the molecule is Cc1ccc(-c2cc(C(=O)Nc3ccc(F)cc3)nn2[C@H]2CCS(=O)(=O)C2)cc1. The molecule has 1 aromatic heterocycles. The van der Waals surface area contributed by atoms with Gasteiger partial charge in [-0.25, -0.2) is 12.8 Å². The van der Waals surface area contributed by atoms with Crippen LogP contribution < -0.4 is 5.32 Å². The molecule has 1 N–H and O–H groups in total. The predicted octanol–water partition coefficient (Wildman–Crippen LogP) is 3.61. The minimum Gasteiger partial charge on any atom is -0.321 e. The van der Waals surface area contributed by atoms with Gasteiger partial charge in [-0.2, -0.15) is 5.10 Å². The average Bonchev–Trinajstić information content (AvgIpc) is 3.28. The molecule has 1 aliphatic rings. The molecule has 0 unspecified atom stereocenters. The fourth-order valence-electron chi connectivity index (χ4n) is 3.42. The maximum Gasteiger partial charge on any atom is 0.276 e. The van der Waals surface area contributed by atoms with E-state index in [1.165, 1.54) is 24.3 Å². The van der Waals surface area contributed by atoms with Gasteiger partial charge in [-0.15, -0.1) is 0 Å². The number of rotatable bonds is 4. The Morgan fingerprint density at radius 2 is 1.83 bits per heavy atom. The Labute approximate surface area is 168 Å². The van der Waals surface area contributed by atoms with E-state index in [4.69, 9.17) is 0 Å². The van der Waals surface area contributed by atoms with Crippen molar-refractivity contribution in [3.05, 3.63) is 71.7 Å². The summed E-state index contributed by atoms with van der Waals surface area (Å²) in [7, 11) is -3.11. The van der Waals surface area contributed by atoms with E-state index in [-0.39, 0.29) is 23.2 Å². The van der Waals surface area contributed by atoms with E-state index in [2.05, 4.69) is 10.4 Å². The molecule has 1 saturated heterocycles. The summed E-state index contributed by atoms with van der Waals surface area (Å²) in [6.45, 7) is 1.98. The summed E-state index contributed by atoms with van der Waals surface area (Å²) in [6.07, 6.45) is 0.460. The number of aryl methyl sites for hydroxylation is 1. The number of hydrogen-bond donors (Lipinski definition) is 1. The number of carbonyl (C=O) groups is 1. The van der Waals surface area contributed by atoms with Crippen molar-refractivity contribution in [1.82, 2.24) is 9.78 Å². The molecule has 4 rings (SSSR count). The van der Waals surface area contributed by atoms with Gasteiger partial charge in [0.2, 0.25) is 0 Å². The summed E-state index contributed by atoms with van der Waals surface area (Å²) in [5.74, 6) is -0.713. The van der Waals surface area contributed by atoms with Crippen LogP contribution >= 0.6 is 0 Å². The van der Waals surface area contributed by atoms with Gasteiger partial charge >= 0.3 is 0 Å². The van der Waals surface area contributed by atoms with Crippen LogP contribution in [0.3, 0.4) is 0 Å². The zero-order chi connectivity index (χ0) is 20.6. The largest absolute Gasteiger partial charge is 0.321 e. The molecule has 6 nitrogen and oxygen atoms in total. The lowest BCUT2D eigenvalue weighted by Crippen LogP contribution is -2.16. The molecule has 2 aromatic carbocycles. The lowest BCUT2D eigenvalue weighted by molar-refractivity contribution is 0.102. The van der Waals surface area contributed by atoms with Crippen LogP contribution in [-0.2, 0) is 9.84 Å². The number of aromatic nitrogens is 2. The fourth-order valence-corrected chi connectivity index (χ4v) is 5.11. The van der Waals surface area contributed by atoms with Gasteiger partial charge in [0.15, 0.2) is 15.5 Å². The molecule has 1 amide bonds. The van der Waals surface area contributed by atoms with Crippen LogP contribution in [0.15, 0.2) is 54.6 Å². The van der Waals surface area contributed by atoms with Crippen LogP contribution in [-0.4, -0.2) is 35.6 Å². The minimum atomic E-state index is -3.11. The standard InChI is InChI=1S/C21H20FN3O3S/c1-14-2-4-15(5-3-14)20-12-19(21(26)23-17-8-6-16(22)7-9-17)24-25(20)18-10-11-29(27,28)13-18/h2-9,12,18H,10-11,13H2,1H3,(H,23,26)/t18-/m0/s1. The minimum absolute atomic E-state index is 0.00651. The van der Waals surface area contributed by atoms with E-state index in [0.29, 0.717) is 17.8 Å². The van der Waals surface area contributed by atoms with Crippen LogP contribution in [0.1, 0.15) is 28.5 Å². The summed E-state index contributed by atoms with van der Waals surface area (Å²) >= 11 is 0. The van der Waals surface area contributed by atoms with Crippen molar-refractivity contribution in [2.24, 2.45) is 0 Å². The van der Waals surface area contributed by atoms with Crippen LogP contribution in [0.5, 0.6) is 0 Å². The van der Waals surface area contributed by atoms with Crippen molar-refractivity contribution in [3.63, 3.8) is 0 Å². The van der Waals surface area contributed by atoms with E-state index < -0.39 is 21.6 Å². The molecule has 1 fully saturated rings. The Morgan fingerprint density at radius 3 is 2.45 bits per heavy atom. The van der Waals surface area contributed by atoms with Crippen molar-refractivity contribution in [3.8, 4) is 11.3 Å². The van der Waals surface area contributed by atoms with Crippen molar-refractivity contribution < 1.29 is 17.6 Å². The molecule has 29 heavy (non-hydrogen) atoms. The normalized spacial score (nSPS) is 17.9. The zero-order valence-electron chi connectivity index (χ0n) is 15.8. The van der Waals surface area contributed by atoms with Gasteiger partial charge in [0.1, 0.15) is 5.82 Å². The third-order valence-corrected chi connectivity index (χ3v) is 6.72. The average molecular weight is 413 g/mol. The van der Waals surface area contributed by atoms with Crippen LogP contribution in [0.25, 0.3) is 11.3 Å². The Hall–Kier alpha value is -3.00. The summed E-state index contributed by atoms with van der Waals surface area (Å²) in [5, 5.41) is 7.13. The van der Waals surface area contributed by atoms with Gasteiger partial charge in [0.05, 0.1) is 23.2 Å². The monoisotopic (exact) mass is 413 g/mol. The molecular formula is C21H20FN3O3S. The van der Waals surface area contributed by atoms with Crippen molar-refractivity contribution in [2.45, 2.75) is 19.4 Å². The summed E-state index contributed by atoms with van der Waals surface area (Å²) in [6, 6.07) is 14.6.